The van der Waals surface area contributed by atoms with Crippen molar-refractivity contribution >= 4 is 11.8 Å². The van der Waals surface area contributed by atoms with Gasteiger partial charge in [-0.25, -0.2) is 9.59 Å². The zero-order valence-electron chi connectivity index (χ0n) is 27.2. The molecule has 8 heteroatoms. The van der Waals surface area contributed by atoms with Crippen LogP contribution in [-0.2, 0) is 37.4 Å². The van der Waals surface area contributed by atoms with Crippen LogP contribution in [0.25, 0.3) is 0 Å². The number of hydrogen-bond donors (Lipinski definition) is 0. The number of nitrogens with zero attached hydrogens (tertiary/aromatic N) is 4. The SMILES string of the molecule is C=C/C=C\C=C(/C)Cn1cc(CC2=CN(Cc3ccccc3)C(=O)N(Cc3ccccc3)CC2=O)c(=O)n(CC2C=CC=CC=C2)c1=O. The molecule has 5 rings (SSSR count). The smallest absolute Gasteiger partial charge is 0.312 e. The lowest BCUT2D eigenvalue weighted by atomic mass is 10.0. The number of aromatic nitrogens is 2. The van der Waals surface area contributed by atoms with E-state index in [-0.39, 0.29) is 56.9 Å². The molecule has 0 saturated heterocycles. The van der Waals surface area contributed by atoms with Gasteiger partial charge in [0.2, 0.25) is 0 Å². The minimum Gasteiger partial charge on any atom is -0.312 e. The van der Waals surface area contributed by atoms with Gasteiger partial charge < -0.3 is 4.90 Å². The number of ketones is 1. The molecule has 0 unspecified atom stereocenters. The molecule has 0 fully saturated rings. The van der Waals surface area contributed by atoms with E-state index in [9.17, 15) is 19.2 Å². The fourth-order valence-corrected chi connectivity index (χ4v) is 5.68. The van der Waals surface area contributed by atoms with Crippen molar-refractivity contribution in [2.75, 3.05) is 6.54 Å². The third kappa shape index (κ3) is 8.73. The predicted octanol–water partition coefficient (Wildman–Crippen LogP) is 6.13. The fourth-order valence-electron chi connectivity index (χ4n) is 5.68. The molecule has 3 aromatic rings. The highest BCUT2D eigenvalue weighted by Crippen LogP contribution is 2.20. The molecule has 1 aromatic heterocycles. The molecule has 2 aliphatic rings. The second kappa shape index (κ2) is 16.2. The monoisotopic (exact) mass is 640 g/mol. The van der Waals surface area contributed by atoms with E-state index in [1.165, 1.54) is 14.0 Å². The minimum atomic E-state index is -0.455. The highest BCUT2D eigenvalue weighted by molar-refractivity contribution is 6.00. The number of rotatable bonds is 12. The Kier molecular flexibility index (Phi) is 11.3. The summed E-state index contributed by atoms with van der Waals surface area (Å²) in [5.41, 5.74) is 2.43. The lowest BCUT2D eigenvalue weighted by Gasteiger charge is -2.26. The highest BCUT2D eigenvalue weighted by Gasteiger charge is 2.29. The molecule has 1 aliphatic heterocycles. The van der Waals surface area contributed by atoms with Gasteiger partial charge in [-0.15, -0.1) is 0 Å². The van der Waals surface area contributed by atoms with E-state index in [1.54, 1.807) is 29.4 Å². The van der Waals surface area contributed by atoms with Gasteiger partial charge in [-0.1, -0.05) is 134 Å². The topological polar surface area (TPSA) is 84.6 Å². The summed E-state index contributed by atoms with van der Waals surface area (Å²) in [4.78, 5) is 58.6. The van der Waals surface area contributed by atoms with Crippen molar-refractivity contribution in [2.24, 2.45) is 5.92 Å². The quantitative estimate of drug-likeness (QED) is 0.223. The van der Waals surface area contributed by atoms with Gasteiger partial charge in [-0.05, 0) is 18.1 Å². The lowest BCUT2D eigenvalue weighted by Crippen LogP contribution is -2.43. The van der Waals surface area contributed by atoms with Gasteiger partial charge >= 0.3 is 11.7 Å². The molecule has 2 amide bonds. The number of benzene rings is 2. The van der Waals surface area contributed by atoms with Gasteiger partial charge in [0.05, 0.1) is 13.1 Å². The number of carbonyl (C=O) groups is 2. The van der Waals surface area contributed by atoms with Crippen LogP contribution in [0, 0.1) is 5.92 Å². The van der Waals surface area contributed by atoms with Gasteiger partial charge in [0.15, 0.2) is 5.78 Å². The molecule has 2 heterocycles. The van der Waals surface area contributed by atoms with E-state index in [1.807, 2.05) is 116 Å². The Labute approximate surface area is 280 Å². The average molecular weight is 641 g/mol. The van der Waals surface area contributed by atoms with Crippen LogP contribution in [0.4, 0.5) is 4.79 Å². The number of hydrogen-bond acceptors (Lipinski definition) is 4. The molecule has 0 saturated carbocycles. The van der Waals surface area contributed by atoms with Crippen LogP contribution in [0.1, 0.15) is 23.6 Å². The second-order valence-electron chi connectivity index (χ2n) is 11.9. The van der Waals surface area contributed by atoms with E-state index in [2.05, 4.69) is 6.58 Å². The number of urea groups is 1. The summed E-state index contributed by atoms with van der Waals surface area (Å²) in [6.45, 7) is 6.38. The van der Waals surface area contributed by atoms with Crippen molar-refractivity contribution in [1.29, 1.82) is 0 Å². The number of amides is 2. The average Bonchev–Trinajstić information content (AvgIpc) is 3.41. The second-order valence-corrected chi connectivity index (χ2v) is 11.9. The van der Waals surface area contributed by atoms with Crippen LogP contribution in [0.15, 0.2) is 161 Å². The van der Waals surface area contributed by atoms with Crippen molar-refractivity contribution in [3.05, 3.63) is 189 Å². The van der Waals surface area contributed by atoms with Crippen LogP contribution in [0.5, 0.6) is 0 Å². The molecular formula is C40H40N4O4. The van der Waals surface area contributed by atoms with Gasteiger partial charge in [-0.2, -0.15) is 0 Å². The zero-order valence-corrected chi connectivity index (χ0v) is 27.2. The van der Waals surface area contributed by atoms with E-state index < -0.39 is 11.2 Å². The molecular weight excluding hydrogens is 600 g/mol. The van der Waals surface area contributed by atoms with E-state index in [4.69, 9.17) is 0 Å². The largest absolute Gasteiger partial charge is 0.331 e. The van der Waals surface area contributed by atoms with Crippen LogP contribution < -0.4 is 11.2 Å². The summed E-state index contributed by atoms with van der Waals surface area (Å²) in [5.74, 6) is -0.435. The summed E-state index contributed by atoms with van der Waals surface area (Å²) in [6.07, 6.45) is 21.8. The minimum absolute atomic E-state index is 0.0350. The maximum Gasteiger partial charge on any atom is 0.331 e. The summed E-state index contributed by atoms with van der Waals surface area (Å²) in [7, 11) is 0. The Morgan fingerprint density at radius 2 is 1.50 bits per heavy atom. The molecule has 244 valence electrons. The highest BCUT2D eigenvalue weighted by atomic mass is 16.2. The fraction of sp³-hybridized carbons (Fsp3) is 0.200. The van der Waals surface area contributed by atoms with Crippen LogP contribution >= 0.6 is 0 Å². The molecule has 48 heavy (non-hydrogen) atoms. The first-order valence-electron chi connectivity index (χ1n) is 16.0. The molecule has 2 aromatic carbocycles. The normalized spacial score (nSPS) is 15.6. The van der Waals surface area contributed by atoms with Crippen molar-refractivity contribution in [3.63, 3.8) is 0 Å². The Hall–Kier alpha value is -5.76. The molecule has 0 radical (unpaired) electrons. The zero-order chi connectivity index (χ0) is 33.9. The van der Waals surface area contributed by atoms with Crippen molar-refractivity contribution in [3.8, 4) is 0 Å². The van der Waals surface area contributed by atoms with Gasteiger partial charge in [0.1, 0.15) is 0 Å². The number of Topliss-reactive ketones (excluding diaryl/α,β-unsaturated/α-hetero) is 1. The summed E-state index contributed by atoms with van der Waals surface area (Å²) >= 11 is 0. The molecule has 0 bridgehead atoms. The molecule has 0 atom stereocenters. The van der Waals surface area contributed by atoms with Crippen molar-refractivity contribution < 1.29 is 9.59 Å². The Morgan fingerprint density at radius 1 is 0.854 bits per heavy atom. The summed E-state index contributed by atoms with van der Waals surface area (Å²) in [5, 5.41) is 0. The van der Waals surface area contributed by atoms with Gasteiger partial charge in [0.25, 0.3) is 5.56 Å². The van der Waals surface area contributed by atoms with Gasteiger partial charge in [-0.3, -0.25) is 23.6 Å². The Morgan fingerprint density at radius 3 is 2.15 bits per heavy atom. The molecule has 1 aliphatic carbocycles. The maximum absolute atomic E-state index is 14.0. The van der Waals surface area contributed by atoms with Gasteiger partial charge in [0, 0.05) is 55.5 Å². The maximum atomic E-state index is 14.0. The van der Waals surface area contributed by atoms with E-state index in [0.29, 0.717) is 11.1 Å². The number of carbonyl (C=O) groups excluding carboxylic acids is 2. The molecule has 0 spiro atoms. The lowest BCUT2D eigenvalue weighted by molar-refractivity contribution is -0.116. The summed E-state index contributed by atoms with van der Waals surface area (Å²) < 4.78 is 2.77. The van der Waals surface area contributed by atoms with Crippen LogP contribution in [0.2, 0.25) is 0 Å². The van der Waals surface area contributed by atoms with Crippen LogP contribution in [-0.4, -0.2) is 37.3 Å². The molecule has 0 N–H and O–H groups in total. The first-order valence-corrected chi connectivity index (χ1v) is 16.0. The first-order chi connectivity index (χ1) is 23.3. The van der Waals surface area contributed by atoms with Crippen LogP contribution in [0.3, 0.4) is 0 Å². The van der Waals surface area contributed by atoms with Crippen molar-refractivity contribution in [1.82, 2.24) is 18.9 Å². The molecule has 8 nitrogen and oxygen atoms in total. The first kappa shape index (κ1) is 33.6. The van der Waals surface area contributed by atoms with E-state index >= 15 is 0 Å². The predicted molar refractivity (Wildman–Crippen MR) is 190 cm³/mol. The van der Waals surface area contributed by atoms with E-state index in [0.717, 1.165) is 16.7 Å². The Bertz CT molecular complexity index is 1930. The van der Waals surface area contributed by atoms with Crippen molar-refractivity contribution in [2.45, 2.75) is 39.5 Å². The summed E-state index contributed by atoms with van der Waals surface area (Å²) in [6, 6.07) is 18.8. The third-order valence-corrected chi connectivity index (χ3v) is 8.11. The standard InChI is InChI=1S/C40H40N4O4/c1-3-4-9-16-31(2)24-41-29-36(38(46)44(40(41)48)27-34-21-10-5-6-11-22-34)23-35-28-42(25-32-17-12-7-13-18-32)39(47)43(30-37(35)45)26-33-19-14-8-15-20-33/h3-22,28-29,34H,1,23-27,30H2,2H3/b9-4-,31-16+. The number of allylic oxidation sites excluding steroid dienone is 11. The Balaban J connectivity index is 1.54. The third-order valence-electron chi connectivity index (χ3n) is 8.11.